The van der Waals surface area contributed by atoms with Crippen molar-refractivity contribution in [3.63, 3.8) is 0 Å². The highest BCUT2D eigenvalue weighted by Crippen LogP contribution is 2.38. The summed E-state index contributed by atoms with van der Waals surface area (Å²) in [6.07, 6.45) is 1.70. The average molecular weight is 487 g/mol. The number of aromatic nitrogens is 2. The molecule has 0 fully saturated rings. The molecule has 0 aliphatic carbocycles. The summed E-state index contributed by atoms with van der Waals surface area (Å²) < 4.78 is 5.72. The molecule has 3 aromatic rings. The Morgan fingerprint density at radius 1 is 1.12 bits per heavy atom. The van der Waals surface area contributed by atoms with E-state index in [0.717, 1.165) is 23.5 Å². The Bertz CT molecular complexity index is 1140. The number of ether oxygens (including phenoxy) is 1. The smallest absolute Gasteiger partial charge is 0.330 e. The van der Waals surface area contributed by atoms with Gasteiger partial charge in [0.15, 0.2) is 0 Å². The van der Waals surface area contributed by atoms with E-state index >= 15 is 0 Å². The van der Waals surface area contributed by atoms with E-state index in [2.05, 4.69) is 20.2 Å². The molecule has 1 aromatic heterocycles. The van der Waals surface area contributed by atoms with Gasteiger partial charge in [-0.05, 0) is 50.5 Å². The van der Waals surface area contributed by atoms with Crippen molar-refractivity contribution in [2.24, 2.45) is 0 Å². The van der Waals surface area contributed by atoms with E-state index in [4.69, 9.17) is 27.9 Å². The van der Waals surface area contributed by atoms with Gasteiger partial charge in [0, 0.05) is 31.0 Å². The fourth-order valence-electron chi connectivity index (χ4n) is 3.40. The van der Waals surface area contributed by atoms with Crippen molar-refractivity contribution >= 4 is 52.4 Å². The van der Waals surface area contributed by atoms with Gasteiger partial charge in [-0.25, -0.2) is 9.78 Å². The van der Waals surface area contributed by atoms with Gasteiger partial charge in [-0.2, -0.15) is 4.98 Å². The van der Waals surface area contributed by atoms with Gasteiger partial charge in [0.05, 0.1) is 22.3 Å². The number of likely N-dealkylation sites (N-methyl/N-ethyl adjacent to an activating group) is 1. The first kappa shape index (κ1) is 23.1. The van der Waals surface area contributed by atoms with Crippen molar-refractivity contribution in [2.75, 3.05) is 49.4 Å². The van der Waals surface area contributed by atoms with Gasteiger partial charge in [-0.3, -0.25) is 9.80 Å². The molecule has 0 spiro atoms. The van der Waals surface area contributed by atoms with Gasteiger partial charge in [0.2, 0.25) is 5.95 Å². The number of benzene rings is 2. The van der Waals surface area contributed by atoms with E-state index in [-0.39, 0.29) is 12.6 Å². The summed E-state index contributed by atoms with van der Waals surface area (Å²) >= 11 is 12.6. The van der Waals surface area contributed by atoms with Gasteiger partial charge in [0.1, 0.15) is 18.2 Å². The van der Waals surface area contributed by atoms with Crippen molar-refractivity contribution in [1.82, 2.24) is 14.9 Å². The number of fused-ring (bicyclic) bond motifs is 1. The van der Waals surface area contributed by atoms with Crippen LogP contribution in [0.2, 0.25) is 10.0 Å². The first-order valence-electron chi connectivity index (χ1n) is 10.3. The topological polar surface area (TPSA) is 73.8 Å². The monoisotopic (exact) mass is 486 g/mol. The molecule has 1 aliphatic rings. The number of hydrogen-bond acceptors (Lipinski definition) is 6. The summed E-state index contributed by atoms with van der Waals surface area (Å²) in [6.45, 7) is 1.72. The summed E-state index contributed by atoms with van der Waals surface area (Å²) in [4.78, 5) is 27.1. The number of carbonyl (C=O) groups is 1. The highest BCUT2D eigenvalue weighted by atomic mass is 35.5. The first-order chi connectivity index (χ1) is 15.8. The van der Waals surface area contributed by atoms with Gasteiger partial charge < -0.3 is 15.0 Å². The quantitative estimate of drug-likeness (QED) is 0.503. The molecule has 172 valence electrons. The Labute approximate surface area is 202 Å². The zero-order valence-corrected chi connectivity index (χ0v) is 20.1. The van der Waals surface area contributed by atoms with Gasteiger partial charge in [-0.1, -0.05) is 29.3 Å². The second-order valence-corrected chi connectivity index (χ2v) is 8.66. The average Bonchev–Trinajstić information content (AvgIpc) is 2.78. The van der Waals surface area contributed by atoms with Crippen molar-refractivity contribution in [2.45, 2.75) is 6.54 Å². The molecule has 8 nitrogen and oxygen atoms in total. The molecule has 2 amide bonds. The number of hydrogen-bond donors (Lipinski definition) is 1. The molecule has 33 heavy (non-hydrogen) atoms. The van der Waals surface area contributed by atoms with Crippen molar-refractivity contribution in [1.29, 1.82) is 0 Å². The van der Waals surface area contributed by atoms with Crippen LogP contribution in [0.25, 0.3) is 0 Å². The number of halogens is 2. The van der Waals surface area contributed by atoms with Gasteiger partial charge in [0.25, 0.3) is 0 Å². The van der Waals surface area contributed by atoms with E-state index in [1.54, 1.807) is 31.4 Å². The SMILES string of the molecule is CN(C)CCOc1ccc(Nc2ncc3c(n2)N(C)C(=O)N(c2c(Cl)cccc2Cl)C3)cc1. The van der Waals surface area contributed by atoms with Gasteiger partial charge in [-0.15, -0.1) is 0 Å². The van der Waals surface area contributed by atoms with Crippen LogP contribution in [-0.4, -0.2) is 55.2 Å². The highest BCUT2D eigenvalue weighted by molar-refractivity contribution is 6.40. The van der Waals surface area contributed by atoms with Crippen LogP contribution < -0.4 is 19.9 Å². The summed E-state index contributed by atoms with van der Waals surface area (Å²) in [5.41, 5.74) is 2.06. The van der Waals surface area contributed by atoms with Crippen LogP contribution in [0.1, 0.15) is 5.56 Å². The standard InChI is InChI=1S/C23H24Cl2N6O2/c1-29(2)11-12-33-17-9-7-16(8-10-17)27-22-26-13-15-14-31(23(32)30(3)21(15)28-22)20-18(24)5-4-6-19(20)25/h4-10,13H,11-12,14H2,1-3H3,(H,26,27,28). The number of carbonyl (C=O) groups excluding carboxylic acids is 1. The molecule has 2 heterocycles. The van der Waals surface area contributed by atoms with E-state index < -0.39 is 0 Å². The Morgan fingerprint density at radius 2 is 1.82 bits per heavy atom. The van der Waals surface area contributed by atoms with E-state index in [1.165, 1.54) is 9.80 Å². The third-order valence-electron chi connectivity index (χ3n) is 5.13. The number of nitrogens with zero attached hydrogens (tertiary/aromatic N) is 5. The fraction of sp³-hybridized carbons (Fsp3) is 0.261. The van der Waals surface area contributed by atoms with Gasteiger partial charge >= 0.3 is 6.03 Å². The van der Waals surface area contributed by atoms with Crippen LogP contribution in [0, 0.1) is 0 Å². The molecule has 0 radical (unpaired) electrons. The molecular formula is C23H24Cl2N6O2. The Balaban J connectivity index is 1.50. The zero-order chi connectivity index (χ0) is 23.5. The molecule has 0 atom stereocenters. The third kappa shape index (κ3) is 5.13. The largest absolute Gasteiger partial charge is 0.492 e. The Morgan fingerprint density at radius 3 is 2.48 bits per heavy atom. The van der Waals surface area contributed by atoms with Crippen LogP contribution in [-0.2, 0) is 6.54 Å². The number of para-hydroxylation sites is 1. The molecule has 0 saturated heterocycles. The fourth-order valence-corrected chi connectivity index (χ4v) is 4.00. The lowest BCUT2D eigenvalue weighted by Crippen LogP contribution is -2.46. The molecule has 0 unspecified atom stereocenters. The summed E-state index contributed by atoms with van der Waals surface area (Å²) in [7, 11) is 5.67. The summed E-state index contributed by atoms with van der Waals surface area (Å²) in [6, 6.07) is 12.4. The summed E-state index contributed by atoms with van der Waals surface area (Å²) in [5.74, 6) is 1.71. The second-order valence-electron chi connectivity index (χ2n) is 7.84. The molecule has 0 bridgehead atoms. The minimum absolute atomic E-state index is 0.265. The Hall–Kier alpha value is -3.07. The van der Waals surface area contributed by atoms with Crippen LogP contribution in [0.5, 0.6) is 5.75 Å². The number of urea groups is 1. The predicted molar refractivity (Wildman–Crippen MR) is 132 cm³/mol. The minimum atomic E-state index is -0.277. The van der Waals surface area contributed by atoms with Crippen LogP contribution in [0.3, 0.4) is 0 Å². The highest BCUT2D eigenvalue weighted by Gasteiger charge is 2.32. The number of rotatable bonds is 7. The molecule has 0 saturated carbocycles. The molecule has 1 N–H and O–H groups in total. The molecule has 1 aliphatic heterocycles. The lowest BCUT2D eigenvalue weighted by atomic mass is 10.2. The molecule has 4 rings (SSSR count). The van der Waals surface area contributed by atoms with Crippen molar-refractivity contribution in [3.05, 3.63) is 64.3 Å². The van der Waals surface area contributed by atoms with Crippen molar-refractivity contribution in [3.8, 4) is 5.75 Å². The van der Waals surface area contributed by atoms with Crippen molar-refractivity contribution < 1.29 is 9.53 Å². The molecule has 2 aromatic carbocycles. The minimum Gasteiger partial charge on any atom is -0.492 e. The lowest BCUT2D eigenvalue weighted by molar-refractivity contribution is 0.251. The second kappa shape index (κ2) is 9.82. The molecular weight excluding hydrogens is 463 g/mol. The van der Waals surface area contributed by atoms with Crippen LogP contribution in [0.4, 0.5) is 27.9 Å². The maximum atomic E-state index is 13.1. The molecule has 10 heteroatoms. The number of anilines is 4. The maximum Gasteiger partial charge on any atom is 0.330 e. The van der Waals surface area contributed by atoms with Crippen LogP contribution in [0.15, 0.2) is 48.7 Å². The number of amides is 2. The van der Waals surface area contributed by atoms with Crippen LogP contribution >= 0.6 is 23.2 Å². The Kier molecular flexibility index (Phi) is 6.88. The number of nitrogens with one attached hydrogen (secondary N) is 1. The first-order valence-corrected chi connectivity index (χ1v) is 11.1. The van der Waals surface area contributed by atoms with E-state index in [0.29, 0.717) is 34.1 Å². The lowest BCUT2D eigenvalue weighted by Gasteiger charge is -2.34. The van der Waals surface area contributed by atoms with E-state index in [1.807, 2.05) is 38.4 Å². The summed E-state index contributed by atoms with van der Waals surface area (Å²) in [5, 5.41) is 3.98. The maximum absolute atomic E-state index is 13.1. The normalized spacial score (nSPS) is 13.3. The van der Waals surface area contributed by atoms with E-state index in [9.17, 15) is 4.79 Å². The zero-order valence-electron chi connectivity index (χ0n) is 18.5. The third-order valence-corrected chi connectivity index (χ3v) is 5.74. The predicted octanol–water partition coefficient (Wildman–Crippen LogP) is 5.04.